The molecule has 5 nitrogen and oxygen atoms in total. The molecule has 0 aliphatic carbocycles. The highest BCUT2D eigenvalue weighted by atomic mass is 16.3. The van der Waals surface area contributed by atoms with E-state index >= 15 is 0 Å². The number of nitrogens with two attached hydrogens (primary N) is 1. The van der Waals surface area contributed by atoms with Gasteiger partial charge >= 0.3 is 0 Å². The van der Waals surface area contributed by atoms with E-state index in [1.54, 1.807) is 11.0 Å². The van der Waals surface area contributed by atoms with Gasteiger partial charge in [0.2, 0.25) is 0 Å². The summed E-state index contributed by atoms with van der Waals surface area (Å²) in [4.78, 5) is 1.77. The van der Waals surface area contributed by atoms with Crippen LogP contribution in [0.25, 0.3) is 0 Å². The first-order valence-corrected chi connectivity index (χ1v) is 4.86. The van der Waals surface area contributed by atoms with E-state index in [1.807, 2.05) is 14.0 Å². The monoisotopic (exact) mass is 218 g/mol. The van der Waals surface area contributed by atoms with Gasteiger partial charge in [-0.3, -0.25) is 5.43 Å². The summed E-state index contributed by atoms with van der Waals surface area (Å²) < 4.78 is 0. The fourth-order valence-corrected chi connectivity index (χ4v) is 1.53. The molecule has 84 valence electrons. The lowest BCUT2D eigenvalue weighted by molar-refractivity contribution is 0.472. The number of benzene rings is 1. The number of nitrogen functional groups attached to an aromatic ring is 1. The summed E-state index contributed by atoms with van der Waals surface area (Å²) in [7, 11) is 1.83. The van der Waals surface area contributed by atoms with Crippen LogP contribution < -0.4 is 11.2 Å². The predicted octanol–water partition coefficient (Wildman–Crippen LogP) is 0.951. The quantitative estimate of drug-likeness (QED) is 0.613. The van der Waals surface area contributed by atoms with E-state index in [0.717, 1.165) is 5.56 Å². The molecule has 16 heavy (non-hydrogen) atoms. The van der Waals surface area contributed by atoms with Crippen molar-refractivity contribution in [2.24, 2.45) is 5.10 Å². The van der Waals surface area contributed by atoms with E-state index in [2.05, 4.69) is 17.1 Å². The van der Waals surface area contributed by atoms with Gasteiger partial charge in [-0.05, 0) is 18.6 Å². The first-order chi connectivity index (χ1) is 7.50. The average molecular weight is 218 g/mol. The Balaban J connectivity index is 2.50. The Labute approximate surface area is 93.9 Å². The topological polar surface area (TPSA) is 73.9 Å². The van der Waals surface area contributed by atoms with Gasteiger partial charge in [0.15, 0.2) is 5.84 Å². The fourth-order valence-electron chi connectivity index (χ4n) is 1.53. The molecule has 2 rings (SSSR count). The number of hydrazone groups is 1. The van der Waals surface area contributed by atoms with Gasteiger partial charge in [-0.2, -0.15) is 5.10 Å². The molecular weight excluding hydrogens is 204 g/mol. The molecule has 1 aromatic carbocycles. The zero-order valence-electron chi connectivity index (χ0n) is 9.28. The molecule has 0 fully saturated rings. The SMILES string of the molecule is C=C1NN=C(c2cc(C)c(N)cc2O)N1C. The summed E-state index contributed by atoms with van der Waals surface area (Å²) in [6.07, 6.45) is 0. The summed E-state index contributed by atoms with van der Waals surface area (Å²) in [6.45, 7) is 5.66. The third kappa shape index (κ3) is 1.46. The van der Waals surface area contributed by atoms with Crippen LogP contribution in [0.15, 0.2) is 29.6 Å². The van der Waals surface area contributed by atoms with Crippen LogP contribution in [-0.2, 0) is 0 Å². The molecule has 0 atom stereocenters. The van der Waals surface area contributed by atoms with Gasteiger partial charge < -0.3 is 15.7 Å². The van der Waals surface area contributed by atoms with Gasteiger partial charge in [0.05, 0.1) is 5.56 Å². The number of rotatable bonds is 1. The Morgan fingerprint density at radius 3 is 2.75 bits per heavy atom. The van der Waals surface area contributed by atoms with Crippen LogP contribution in [-0.4, -0.2) is 22.9 Å². The number of hydrogen-bond acceptors (Lipinski definition) is 5. The Morgan fingerprint density at radius 2 is 2.19 bits per heavy atom. The lowest BCUT2D eigenvalue weighted by Crippen LogP contribution is -2.23. The second-order valence-corrected chi connectivity index (χ2v) is 3.78. The molecule has 4 N–H and O–H groups in total. The minimum absolute atomic E-state index is 0.116. The highest BCUT2D eigenvalue weighted by Gasteiger charge is 2.21. The smallest absolute Gasteiger partial charge is 0.165 e. The molecule has 1 aromatic rings. The van der Waals surface area contributed by atoms with Crippen LogP contribution in [0.4, 0.5) is 5.69 Å². The molecule has 1 heterocycles. The number of nitrogens with zero attached hydrogens (tertiary/aromatic N) is 2. The molecule has 0 saturated heterocycles. The molecule has 0 spiro atoms. The normalized spacial score (nSPS) is 15.0. The van der Waals surface area contributed by atoms with E-state index in [4.69, 9.17) is 5.73 Å². The Hall–Kier alpha value is -2.17. The number of nitrogens with one attached hydrogen (secondary N) is 1. The minimum Gasteiger partial charge on any atom is -0.507 e. The molecule has 1 aliphatic rings. The summed E-state index contributed by atoms with van der Waals surface area (Å²) in [5, 5.41) is 13.9. The standard InChI is InChI=1S/C11H14N4O/c1-6-4-8(10(16)5-9(6)12)11-14-13-7(2)15(11)3/h4-5,13,16H,2,12H2,1,3H3. The number of anilines is 1. The van der Waals surface area contributed by atoms with E-state index in [-0.39, 0.29) is 5.75 Å². The van der Waals surface area contributed by atoms with Crippen molar-refractivity contribution in [3.05, 3.63) is 35.7 Å². The largest absolute Gasteiger partial charge is 0.507 e. The van der Waals surface area contributed by atoms with E-state index < -0.39 is 0 Å². The maximum Gasteiger partial charge on any atom is 0.165 e. The number of amidine groups is 1. The van der Waals surface area contributed by atoms with Gasteiger partial charge in [0, 0.05) is 18.8 Å². The number of hydrogen-bond donors (Lipinski definition) is 3. The number of phenols is 1. The van der Waals surface area contributed by atoms with Crippen molar-refractivity contribution in [1.29, 1.82) is 0 Å². The van der Waals surface area contributed by atoms with E-state index in [9.17, 15) is 5.11 Å². The molecule has 0 amide bonds. The minimum atomic E-state index is 0.116. The van der Waals surface area contributed by atoms with Crippen molar-refractivity contribution in [2.75, 3.05) is 12.8 Å². The molecule has 0 radical (unpaired) electrons. The van der Waals surface area contributed by atoms with Crippen molar-refractivity contribution < 1.29 is 5.11 Å². The Bertz CT molecular complexity index is 493. The Morgan fingerprint density at radius 1 is 1.50 bits per heavy atom. The zero-order chi connectivity index (χ0) is 11.9. The summed E-state index contributed by atoms with van der Waals surface area (Å²) in [5.41, 5.74) is 10.6. The first-order valence-electron chi connectivity index (χ1n) is 4.86. The van der Waals surface area contributed by atoms with E-state index in [1.165, 1.54) is 6.07 Å². The summed E-state index contributed by atoms with van der Waals surface area (Å²) in [5.74, 6) is 1.42. The van der Waals surface area contributed by atoms with Gasteiger partial charge in [0.1, 0.15) is 11.6 Å². The lowest BCUT2D eigenvalue weighted by atomic mass is 10.1. The first kappa shape index (κ1) is 10.4. The third-order valence-electron chi connectivity index (χ3n) is 2.64. The summed E-state index contributed by atoms with van der Waals surface area (Å²) in [6, 6.07) is 3.34. The molecular formula is C11H14N4O. The molecule has 0 aromatic heterocycles. The molecule has 5 heteroatoms. The van der Waals surface area contributed by atoms with Crippen LogP contribution >= 0.6 is 0 Å². The van der Waals surface area contributed by atoms with Crippen molar-refractivity contribution in [1.82, 2.24) is 10.3 Å². The number of aryl methyl sites for hydroxylation is 1. The van der Waals surface area contributed by atoms with Gasteiger partial charge in [-0.15, -0.1) is 0 Å². The van der Waals surface area contributed by atoms with Gasteiger partial charge in [-0.1, -0.05) is 6.58 Å². The number of aromatic hydroxyl groups is 1. The highest BCUT2D eigenvalue weighted by molar-refractivity contribution is 6.03. The molecule has 1 aliphatic heterocycles. The van der Waals surface area contributed by atoms with Crippen LogP contribution in [0.2, 0.25) is 0 Å². The van der Waals surface area contributed by atoms with Crippen LogP contribution in [0.3, 0.4) is 0 Å². The maximum atomic E-state index is 9.84. The average Bonchev–Trinajstić information content (AvgIpc) is 2.54. The predicted molar refractivity (Wildman–Crippen MR) is 63.8 cm³/mol. The van der Waals surface area contributed by atoms with Gasteiger partial charge in [-0.25, -0.2) is 0 Å². The van der Waals surface area contributed by atoms with Crippen LogP contribution in [0.5, 0.6) is 5.75 Å². The van der Waals surface area contributed by atoms with Crippen LogP contribution in [0, 0.1) is 6.92 Å². The lowest BCUT2D eigenvalue weighted by Gasteiger charge is -2.15. The highest BCUT2D eigenvalue weighted by Crippen LogP contribution is 2.26. The van der Waals surface area contributed by atoms with Crippen molar-refractivity contribution >= 4 is 11.5 Å². The molecule has 0 bridgehead atoms. The van der Waals surface area contributed by atoms with E-state index in [0.29, 0.717) is 22.9 Å². The van der Waals surface area contributed by atoms with Crippen molar-refractivity contribution in [3.63, 3.8) is 0 Å². The maximum absolute atomic E-state index is 9.84. The molecule has 0 unspecified atom stereocenters. The third-order valence-corrected chi connectivity index (χ3v) is 2.64. The second kappa shape index (κ2) is 3.44. The van der Waals surface area contributed by atoms with Gasteiger partial charge in [0.25, 0.3) is 0 Å². The van der Waals surface area contributed by atoms with Crippen LogP contribution in [0.1, 0.15) is 11.1 Å². The van der Waals surface area contributed by atoms with Crippen molar-refractivity contribution in [2.45, 2.75) is 6.92 Å². The second-order valence-electron chi connectivity index (χ2n) is 3.78. The van der Waals surface area contributed by atoms with Crippen molar-refractivity contribution in [3.8, 4) is 5.75 Å². The fraction of sp³-hybridized carbons (Fsp3) is 0.182. The molecule has 0 saturated carbocycles. The summed E-state index contributed by atoms with van der Waals surface area (Å²) >= 11 is 0. The number of phenolic OH excluding ortho intramolecular Hbond substituents is 1. The Kier molecular flexibility index (Phi) is 2.23. The zero-order valence-corrected chi connectivity index (χ0v) is 9.28.